The molecule has 4 rings (SSSR count). The second kappa shape index (κ2) is 9.77. The van der Waals surface area contributed by atoms with E-state index in [2.05, 4.69) is 26.1 Å². The highest BCUT2D eigenvalue weighted by molar-refractivity contribution is 9.10. The van der Waals surface area contributed by atoms with Crippen LogP contribution in [0.5, 0.6) is 0 Å². The average Bonchev–Trinajstić information content (AvgIpc) is 3.40. The number of nitrogens with one attached hydrogen (secondary N) is 1. The second-order valence-corrected chi connectivity index (χ2v) is 8.52. The van der Waals surface area contributed by atoms with Gasteiger partial charge in [-0.1, -0.05) is 33.2 Å². The summed E-state index contributed by atoms with van der Waals surface area (Å²) in [6, 6.07) is 8.92. The van der Waals surface area contributed by atoms with Crippen LogP contribution in [-0.4, -0.2) is 45.5 Å². The standard InChI is InChI=1S/C22H20BrN3O8/c1-11(27)31-10-19-18(32-12(2)28)8-20(33-19)26-9-15(21(29)24-22(26)30)16-7-17(34-25-16)13-3-5-14(23)6-4-13/h3-7,9,18-20H,8,10H2,1-2H3,(H,24,29,30)/t18-,19+,20+/m0/s1. The van der Waals surface area contributed by atoms with Gasteiger partial charge in [0.2, 0.25) is 0 Å². The second-order valence-electron chi connectivity index (χ2n) is 7.61. The number of halogens is 1. The number of H-pyrrole nitrogens is 1. The lowest BCUT2D eigenvalue weighted by atomic mass is 10.1. The maximum Gasteiger partial charge on any atom is 0.330 e. The first-order valence-corrected chi connectivity index (χ1v) is 11.0. The minimum atomic E-state index is -0.883. The van der Waals surface area contributed by atoms with E-state index in [1.165, 1.54) is 24.6 Å². The van der Waals surface area contributed by atoms with Crippen molar-refractivity contribution in [2.24, 2.45) is 0 Å². The molecule has 178 valence electrons. The third-order valence-electron chi connectivity index (χ3n) is 5.14. The molecule has 2 aromatic heterocycles. The molecular weight excluding hydrogens is 514 g/mol. The maximum atomic E-state index is 12.6. The molecular formula is C22H20BrN3O8. The monoisotopic (exact) mass is 533 g/mol. The van der Waals surface area contributed by atoms with Crippen LogP contribution in [0.1, 0.15) is 26.5 Å². The molecule has 3 aromatic rings. The van der Waals surface area contributed by atoms with E-state index in [4.69, 9.17) is 18.7 Å². The lowest BCUT2D eigenvalue weighted by molar-refractivity contribution is -0.155. The number of ether oxygens (including phenoxy) is 3. The summed E-state index contributed by atoms with van der Waals surface area (Å²) in [5.41, 5.74) is -0.307. The lowest BCUT2D eigenvalue weighted by Gasteiger charge is -2.17. The molecule has 1 fully saturated rings. The van der Waals surface area contributed by atoms with Gasteiger partial charge in [-0.3, -0.25) is 23.9 Å². The van der Waals surface area contributed by atoms with Gasteiger partial charge >= 0.3 is 17.6 Å². The molecule has 3 heterocycles. The Labute approximate surface area is 200 Å². The molecule has 1 saturated heterocycles. The summed E-state index contributed by atoms with van der Waals surface area (Å²) < 4.78 is 23.6. The molecule has 34 heavy (non-hydrogen) atoms. The van der Waals surface area contributed by atoms with E-state index in [-0.39, 0.29) is 24.3 Å². The van der Waals surface area contributed by atoms with Crippen molar-refractivity contribution in [3.63, 3.8) is 0 Å². The molecule has 0 aliphatic carbocycles. The molecule has 0 saturated carbocycles. The number of benzene rings is 1. The van der Waals surface area contributed by atoms with Gasteiger partial charge in [-0.05, 0) is 12.1 Å². The third-order valence-corrected chi connectivity index (χ3v) is 5.67. The van der Waals surface area contributed by atoms with Gasteiger partial charge in [0.1, 0.15) is 30.7 Å². The molecule has 0 amide bonds. The molecule has 0 unspecified atom stereocenters. The van der Waals surface area contributed by atoms with Crippen LogP contribution >= 0.6 is 15.9 Å². The van der Waals surface area contributed by atoms with Crippen molar-refractivity contribution in [3.8, 4) is 22.6 Å². The summed E-state index contributed by atoms with van der Waals surface area (Å²) in [6.07, 6.45) is -0.990. The maximum absolute atomic E-state index is 12.6. The van der Waals surface area contributed by atoms with E-state index in [1.54, 1.807) is 6.07 Å². The first kappa shape index (κ1) is 23.6. The molecule has 12 heteroatoms. The molecule has 11 nitrogen and oxygen atoms in total. The third kappa shape index (κ3) is 5.18. The SMILES string of the molecule is CC(=O)OC[C@H]1O[C@@H](n2cc(-c3cc(-c4ccc(Br)cc4)on3)c(=O)[nH]c2=O)C[C@@H]1OC(C)=O. The van der Waals surface area contributed by atoms with Gasteiger partial charge in [-0.2, -0.15) is 0 Å². The fraction of sp³-hybridized carbons (Fsp3) is 0.318. The molecule has 3 atom stereocenters. The van der Waals surface area contributed by atoms with E-state index in [1.807, 2.05) is 24.3 Å². The Kier molecular flexibility index (Phi) is 6.80. The molecule has 0 bridgehead atoms. The van der Waals surface area contributed by atoms with Crippen molar-refractivity contribution >= 4 is 27.9 Å². The molecule has 0 radical (unpaired) electrons. The smallest absolute Gasteiger partial charge is 0.330 e. The Hall–Kier alpha value is -3.51. The molecule has 0 spiro atoms. The average molecular weight is 534 g/mol. The van der Waals surface area contributed by atoms with E-state index in [0.29, 0.717) is 5.76 Å². The van der Waals surface area contributed by atoms with Crippen LogP contribution in [0.4, 0.5) is 0 Å². The number of aromatic nitrogens is 3. The van der Waals surface area contributed by atoms with Gasteiger partial charge in [0.25, 0.3) is 5.56 Å². The van der Waals surface area contributed by atoms with Crippen molar-refractivity contribution in [1.82, 2.24) is 14.7 Å². The number of carbonyl (C=O) groups is 2. The summed E-state index contributed by atoms with van der Waals surface area (Å²) in [4.78, 5) is 50.0. The predicted octanol–water partition coefficient (Wildman–Crippen LogP) is 2.40. The molecule has 1 aliphatic rings. The highest BCUT2D eigenvalue weighted by Gasteiger charge is 2.40. The van der Waals surface area contributed by atoms with Crippen molar-refractivity contribution in [3.05, 3.63) is 61.8 Å². The highest BCUT2D eigenvalue weighted by atomic mass is 79.9. The van der Waals surface area contributed by atoms with Crippen LogP contribution in [0, 0.1) is 0 Å². The summed E-state index contributed by atoms with van der Waals surface area (Å²) in [6.45, 7) is 2.33. The lowest BCUT2D eigenvalue weighted by Crippen LogP contribution is -2.33. The van der Waals surface area contributed by atoms with Crippen LogP contribution < -0.4 is 11.2 Å². The van der Waals surface area contributed by atoms with Crippen LogP contribution in [0.2, 0.25) is 0 Å². The zero-order chi connectivity index (χ0) is 24.4. The topological polar surface area (TPSA) is 143 Å². The fourth-order valence-corrected chi connectivity index (χ4v) is 3.86. The zero-order valence-corrected chi connectivity index (χ0v) is 19.7. The summed E-state index contributed by atoms with van der Waals surface area (Å²) in [7, 11) is 0. The Morgan fingerprint density at radius 2 is 1.94 bits per heavy atom. The minimum absolute atomic E-state index is 0.0859. The molecule has 1 aromatic carbocycles. The number of esters is 2. The fourth-order valence-electron chi connectivity index (χ4n) is 3.59. The van der Waals surface area contributed by atoms with E-state index in [9.17, 15) is 19.2 Å². The number of nitrogens with zero attached hydrogens (tertiary/aromatic N) is 2. The quantitative estimate of drug-likeness (QED) is 0.472. The number of rotatable bonds is 6. The van der Waals surface area contributed by atoms with Crippen molar-refractivity contribution in [2.45, 2.75) is 38.7 Å². The van der Waals surface area contributed by atoms with Gasteiger partial charge in [0, 0.05) is 42.6 Å². The first-order valence-electron chi connectivity index (χ1n) is 10.3. The Morgan fingerprint density at radius 1 is 1.21 bits per heavy atom. The van der Waals surface area contributed by atoms with Gasteiger partial charge < -0.3 is 18.7 Å². The van der Waals surface area contributed by atoms with Crippen LogP contribution in [0.15, 0.2) is 55.1 Å². The van der Waals surface area contributed by atoms with Crippen molar-refractivity contribution in [1.29, 1.82) is 0 Å². The van der Waals surface area contributed by atoms with E-state index in [0.717, 1.165) is 10.0 Å². The Bertz CT molecular complexity index is 1330. The number of carbonyl (C=O) groups excluding carboxylic acids is 2. The normalized spacial score (nSPS) is 19.7. The van der Waals surface area contributed by atoms with Crippen molar-refractivity contribution in [2.75, 3.05) is 6.61 Å². The van der Waals surface area contributed by atoms with Crippen LogP contribution in [0.3, 0.4) is 0 Å². The van der Waals surface area contributed by atoms with Crippen molar-refractivity contribution < 1.29 is 28.3 Å². The summed E-state index contributed by atoms with van der Waals surface area (Å²) in [5.74, 6) is -0.627. The number of hydrogen-bond donors (Lipinski definition) is 1. The van der Waals surface area contributed by atoms with Gasteiger partial charge in [0.05, 0.1) is 5.56 Å². The van der Waals surface area contributed by atoms with Gasteiger partial charge in [-0.25, -0.2) is 4.79 Å². The molecule has 1 N–H and O–H groups in total. The Morgan fingerprint density at radius 3 is 2.62 bits per heavy atom. The number of hydrogen-bond acceptors (Lipinski definition) is 9. The number of aromatic amines is 1. The van der Waals surface area contributed by atoms with Crippen LogP contribution in [0.25, 0.3) is 22.6 Å². The minimum Gasteiger partial charge on any atom is -0.463 e. The Balaban J connectivity index is 1.64. The summed E-state index contributed by atoms with van der Waals surface area (Å²) >= 11 is 3.37. The summed E-state index contributed by atoms with van der Waals surface area (Å²) in [5, 5.41) is 3.97. The predicted molar refractivity (Wildman–Crippen MR) is 121 cm³/mol. The van der Waals surface area contributed by atoms with Gasteiger partial charge in [0.15, 0.2) is 5.76 Å². The zero-order valence-electron chi connectivity index (χ0n) is 18.1. The highest BCUT2D eigenvalue weighted by Crippen LogP contribution is 2.31. The van der Waals surface area contributed by atoms with E-state index >= 15 is 0 Å². The first-order chi connectivity index (χ1) is 16.2. The molecule has 1 aliphatic heterocycles. The van der Waals surface area contributed by atoms with Gasteiger partial charge in [-0.15, -0.1) is 0 Å². The largest absolute Gasteiger partial charge is 0.463 e. The van der Waals surface area contributed by atoms with Crippen LogP contribution in [-0.2, 0) is 23.8 Å². The van der Waals surface area contributed by atoms with E-state index < -0.39 is 41.6 Å².